The van der Waals surface area contributed by atoms with E-state index in [0.717, 1.165) is 16.8 Å². The molecule has 1 aromatic heterocycles. The molecule has 1 fully saturated rings. The SMILES string of the molecule is COc1ccc2c(c1)nc(N)n2N1C(C)CCCC1C. The van der Waals surface area contributed by atoms with Crippen LogP contribution < -0.4 is 15.5 Å². The molecule has 5 nitrogen and oxygen atoms in total. The van der Waals surface area contributed by atoms with E-state index in [-0.39, 0.29) is 0 Å². The molecule has 2 N–H and O–H groups in total. The fourth-order valence-corrected chi connectivity index (χ4v) is 3.24. The molecule has 0 radical (unpaired) electrons. The van der Waals surface area contributed by atoms with Crippen LogP contribution in [0, 0.1) is 0 Å². The maximum absolute atomic E-state index is 6.17. The number of anilines is 1. The van der Waals surface area contributed by atoms with E-state index in [2.05, 4.69) is 28.5 Å². The molecule has 1 aliphatic heterocycles. The van der Waals surface area contributed by atoms with Crippen LogP contribution in [0.5, 0.6) is 5.75 Å². The first-order chi connectivity index (χ1) is 9.61. The Hall–Kier alpha value is -1.91. The number of methoxy groups -OCH3 is 1. The summed E-state index contributed by atoms with van der Waals surface area (Å²) in [6, 6.07) is 6.87. The molecule has 0 amide bonds. The Morgan fingerprint density at radius 1 is 1.25 bits per heavy atom. The van der Waals surface area contributed by atoms with Gasteiger partial charge in [-0.1, -0.05) is 0 Å². The molecule has 3 rings (SSSR count). The third-order valence-electron chi connectivity index (χ3n) is 4.24. The van der Waals surface area contributed by atoms with Gasteiger partial charge in [0.15, 0.2) is 0 Å². The van der Waals surface area contributed by atoms with Crippen LogP contribution >= 0.6 is 0 Å². The van der Waals surface area contributed by atoms with Gasteiger partial charge in [-0.25, -0.2) is 9.66 Å². The highest BCUT2D eigenvalue weighted by atomic mass is 16.5. The molecule has 1 aliphatic rings. The minimum absolute atomic E-state index is 0.473. The average Bonchev–Trinajstić information content (AvgIpc) is 2.74. The number of hydrogen-bond acceptors (Lipinski definition) is 4. The first kappa shape index (κ1) is 13.1. The monoisotopic (exact) mass is 274 g/mol. The summed E-state index contributed by atoms with van der Waals surface area (Å²) in [5, 5.41) is 2.36. The van der Waals surface area contributed by atoms with Gasteiger partial charge in [-0.15, -0.1) is 0 Å². The lowest BCUT2D eigenvalue weighted by molar-refractivity contribution is 0.343. The summed E-state index contributed by atoms with van der Waals surface area (Å²) in [5.74, 6) is 1.36. The van der Waals surface area contributed by atoms with Crippen LogP contribution in [0.1, 0.15) is 33.1 Å². The van der Waals surface area contributed by atoms with Crippen molar-refractivity contribution in [3.8, 4) is 5.75 Å². The lowest BCUT2D eigenvalue weighted by atomic mass is 10.00. The normalized spacial score (nSPS) is 23.2. The molecule has 0 spiro atoms. The Morgan fingerprint density at radius 2 is 1.95 bits per heavy atom. The quantitative estimate of drug-likeness (QED) is 0.914. The van der Waals surface area contributed by atoms with E-state index in [0.29, 0.717) is 18.0 Å². The van der Waals surface area contributed by atoms with Gasteiger partial charge in [-0.05, 0) is 45.2 Å². The summed E-state index contributed by atoms with van der Waals surface area (Å²) < 4.78 is 7.33. The van der Waals surface area contributed by atoms with Crippen LogP contribution in [0.4, 0.5) is 5.95 Å². The van der Waals surface area contributed by atoms with E-state index in [1.807, 2.05) is 18.2 Å². The number of nitrogens with two attached hydrogens (primary N) is 1. The Balaban J connectivity index is 2.12. The highest BCUT2D eigenvalue weighted by Gasteiger charge is 2.27. The van der Waals surface area contributed by atoms with Crippen molar-refractivity contribution >= 4 is 17.0 Å². The van der Waals surface area contributed by atoms with Crippen molar-refractivity contribution in [3.63, 3.8) is 0 Å². The molecule has 1 aromatic carbocycles. The van der Waals surface area contributed by atoms with Gasteiger partial charge < -0.3 is 15.5 Å². The average molecular weight is 274 g/mol. The highest BCUT2D eigenvalue weighted by molar-refractivity contribution is 5.80. The van der Waals surface area contributed by atoms with Crippen LogP contribution in [0.15, 0.2) is 18.2 Å². The summed E-state index contributed by atoms with van der Waals surface area (Å²) in [4.78, 5) is 4.48. The number of nitrogens with zero attached hydrogens (tertiary/aromatic N) is 3. The zero-order chi connectivity index (χ0) is 14.3. The second kappa shape index (κ2) is 4.89. The minimum atomic E-state index is 0.473. The number of aromatic nitrogens is 2. The molecule has 2 aromatic rings. The second-order valence-electron chi connectivity index (χ2n) is 5.65. The van der Waals surface area contributed by atoms with Gasteiger partial charge in [0.25, 0.3) is 0 Å². The third kappa shape index (κ3) is 1.97. The number of nitrogen functional groups attached to an aromatic ring is 1. The third-order valence-corrected chi connectivity index (χ3v) is 4.24. The lowest BCUT2D eigenvalue weighted by Gasteiger charge is -2.41. The van der Waals surface area contributed by atoms with Gasteiger partial charge in [0.05, 0.1) is 18.1 Å². The summed E-state index contributed by atoms with van der Waals surface area (Å²) in [7, 11) is 1.66. The van der Waals surface area contributed by atoms with Crippen molar-refractivity contribution in [1.82, 2.24) is 9.66 Å². The molecule has 0 saturated carbocycles. The van der Waals surface area contributed by atoms with Gasteiger partial charge in [-0.2, -0.15) is 0 Å². The van der Waals surface area contributed by atoms with Crippen LogP contribution in [-0.4, -0.2) is 28.9 Å². The maximum atomic E-state index is 6.17. The van der Waals surface area contributed by atoms with E-state index in [4.69, 9.17) is 10.5 Å². The van der Waals surface area contributed by atoms with Gasteiger partial charge in [0.1, 0.15) is 5.75 Å². The lowest BCUT2D eigenvalue weighted by Crippen LogP contribution is -2.51. The van der Waals surface area contributed by atoms with Crippen LogP contribution in [0.25, 0.3) is 11.0 Å². The number of benzene rings is 1. The van der Waals surface area contributed by atoms with E-state index in [1.54, 1.807) is 7.11 Å². The molecule has 2 unspecified atom stereocenters. The van der Waals surface area contributed by atoms with Gasteiger partial charge in [-0.3, -0.25) is 0 Å². The fraction of sp³-hybridized carbons (Fsp3) is 0.533. The Bertz CT molecular complexity index is 612. The largest absolute Gasteiger partial charge is 0.497 e. The Kier molecular flexibility index (Phi) is 3.20. The number of hydrogen-bond donors (Lipinski definition) is 1. The van der Waals surface area contributed by atoms with Crippen molar-refractivity contribution in [1.29, 1.82) is 0 Å². The Labute approximate surface area is 119 Å². The summed E-state index contributed by atoms with van der Waals surface area (Å²) in [6.07, 6.45) is 3.67. The van der Waals surface area contributed by atoms with Crippen molar-refractivity contribution in [3.05, 3.63) is 18.2 Å². The Morgan fingerprint density at radius 3 is 2.60 bits per heavy atom. The second-order valence-corrected chi connectivity index (χ2v) is 5.65. The molecule has 1 saturated heterocycles. The maximum Gasteiger partial charge on any atom is 0.220 e. The molecule has 5 heteroatoms. The molecular weight excluding hydrogens is 252 g/mol. The smallest absolute Gasteiger partial charge is 0.220 e. The molecular formula is C15H22N4O. The molecule has 20 heavy (non-hydrogen) atoms. The van der Waals surface area contributed by atoms with Gasteiger partial charge in [0.2, 0.25) is 5.95 Å². The van der Waals surface area contributed by atoms with Gasteiger partial charge >= 0.3 is 0 Å². The molecule has 108 valence electrons. The van der Waals surface area contributed by atoms with E-state index >= 15 is 0 Å². The zero-order valence-electron chi connectivity index (χ0n) is 12.3. The predicted molar refractivity (Wildman–Crippen MR) is 81.7 cm³/mol. The number of piperidine rings is 1. The van der Waals surface area contributed by atoms with Crippen molar-refractivity contribution in [2.75, 3.05) is 17.9 Å². The first-order valence-electron chi connectivity index (χ1n) is 7.22. The van der Waals surface area contributed by atoms with Crippen molar-refractivity contribution < 1.29 is 4.74 Å². The predicted octanol–water partition coefficient (Wildman–Crippen LogP) is 2.53. The van der Waals surface area contributed by atoms with E-state index in [1.165, 1.54) is 19.3 Å². The van der Waals surface area contributed by atoms with Crippen molar-refractivity contribution in [2.24, 2.45) is 0 Å². The van der Waals surface area contributed by atoms with Crippen LogP contribution in [-0.2, 0) is 0 Å². The van der Waals surface area contributed by atoms with Crippen molar-refractivity contribution in [2.45, 2.75) is 45.2 Å². The number of rotatable bonds is 2. The standard InChI is InChI=1S/C15H22N4O/c1-10-5-4-6-11(2)18(10)19-14-8-7-12(20-3)9-13(14)17-15(19)16/h7-11H,4-6H2,1-3H3,(H2,16,17). The molecule has 2 heterocycles. The summed E-state index contributed by atoms with van der Waals surface area (Å²) in [5.41, 5.74) is 8.10. The topological polar surface area (TPSA) is 56.3 Å². The van der Waals surface area contributed by atoms with Crippen LogP contribution in [0.2, 0.25) is 0 Å². The van der Waals surface area contributed by atoms with Gasteiger partial charge in [0, 0.05) is 18.2 Å². The number of ether oxygens (including phenoxy) is 1. The number of imidazole rings is 1. The zero-order valence-corrected chi connectivity index (χ0v) is 12.3. The van der Waals surface area contributed by atoms with E-state index in [9.17, 15) is 0 Å². The molecule has 0 aliphatic carbocycles. The molecule has 0 bridgehead atoms. The first-order valence-corrected chi connectivity index (χ1v) is 7.22. The fourth-order valence-electron chi connectivity index (χ4n) is 3.24. The number of fused-ring (bicyclic) bond motifs is 1. The van der Waals surface area contributed by atoms with Crippen LogP contribution in [0.3, 0.4) is 0 Å². The minimum Gasteiger partial charge on any atom is -0.497 e. The highest BCUT2D eigenvalue weighted by Crippen LogP contribution is 2.28. The molecule has 2 atom stereocenters. The summed E-state index contributed by atoms with van der Waals surface area (Å²) >= 11 is 0. The van der Waals surface area contributed by atoms with E-state index < -0.39 is 0 Å². The summed E-state index contributed by atoms with van der Waals surface area (Å²) in [6.45, 7) is 4.51.